The quantitative estimate of drug-likeness (QED) is 0.834. The number of hydrogen-bond donors (Lipinski definition) is 0. The van der Waals surface area contributed by atoms with E-state index in [0.29, 0.717) is 18.2 Å². The smallest absolute Gasteiger partial charge is 0.0870 e. The summed E-state index contributed by atoms with van der Waals surface area (Å²) < 4.78 is 11.8. The van der Waals surface area contributed by atoms with Gasteiger partial charge in [0.05, 0.1) is 24.5 Å². The summed E-state index contributed by atoms with van der Waals surface area (Å²) in [5.74, 6) is 0. The van der Waals surface area contributed by atoms with Gasteiger partial charge >= 0.3 is 0 Å². The molecule has 3 atom stereocenters. The van der Waals surface area contributed by atoms with Crippen molar-refractivity contribution in [3.63, 3.8) is 0 Å². The third-order valence-electron chi connectivity index (χ3n) is 5.07. The first-order valence-corrected chi connectivity index (χ1v) is 8.48. The summed E-state index contributed by atoms with van der Waals surface area (Å²) in [6, 6.07) is 6.65. The summed E-state index contributed by atoms with van der Waals surface area (Å²) in [5, 5.41) is 0. The molecule has 0 unspecified atom stereocenters. The molecular weight excluding hydrogens is 278 g/mol. The van der Waals surface area contributed by atoms with Crippen LogP contribution in [0, 0.1) is 0 Å². The summed E-state index contributed by atoms with van der Waals surface area (Å²) in [7, 11) is 0. The van der Waals surface area contributed by atoms with Gasteiger partial charge in [0.1, 0.15) is 0 Å². The first-order valence-electron chi connectivity index (χ1n) is 8.48. The second-order valence-corrected chi connectivity index (χ2v) is 6.62. The van der Waals surface area contributed by atoms with Crippen LogP contribution in [0.4, 0.5) is 0 Å². The zero-order valence-electron chi connectivity index (χ0n) is 13.1. The van der Waals surface area contributed by atoms with Gasteiger partial charge in [-0.25, -0.2) is 0 Å². The largest absolute Gasteiger partial charge is 0.377 e. The van der Waals surface area contributed by atoms with Gasteiger partial charge in [0.15, 0.2) is 0 Å². The van der Waals surface area contributed by atoms with Crippen molar-refractivity contribution in [2.75, 3.05) is 39.4 Å². The summed E-state index contributed by atoms with van der Waals surface area (Å²) in [6.45, 7) is 6.92. The minimum Gasteiger partial charge on any atom is -0.377 e. The Balaban J connectivity index is 1.37. The first-order chi connectivity index (χ1) is 10.9. The fraction of sp³-hybridized carbons (Fsp3) is 0.706. The van der Waals surface area contributed by atoms with Crippen molar-refractivity contribution in [3.8, 4) is 0 Å². The van der Waals surface area contributed by atoms with Gasteiger partial charge in [-0.2, -0.15) is 0 Å². The number of ether oxygens (including phenoxy) is 2. The Labute approximate surface area is 132 Å². The Morgan fingerprint density at radius 2 is 2.18 bits per heavy atom. The summed E-state index contributed by atoms with van der Waals surface area (Å²) >= 11 is 0. The number of fused-ring (bicyclic) bond motifs is 1. The molecule has 5 heteroatoms. The van der Waals surface area contributed by atoms with E-state index in [0.717, 1.165) is 51.6 Å². The maximum absolute atomic E-state index is 6.02. The predicted octanol–water partition coefficient (Wildman–Crippen LogP) is 1.15. The van der Waals surface area contributed by atoms with Gasteiger partial charge in [-0.1, -0.05) is 6.07 Å². The molecule has 22 heavy (non-hydrogen) atoms. The van der Waals surface area contributed by atoms with Crippen molar-refractivity contribution in [1.82, 2.24) is 14.8 Å². The molecule has 3 saturated heterocycles. The summed E-state index contributed by atoms with van der Waals surface area (Å²) in [5.41, 5.74) is 1.15. The maximum Gasteiger partial charge on any atom is 0.0870 e. The van der Waals surface area contributed by atoms with Crippen LogP contribution in [0.25, 0.3) is 0 Å². The van der Waals surface area contributed by atoms with Crippen molar-refractivity contribution < 1.29 is 9.47 Å². The molecule has 3 aliphatic heterocycles. The van der Waals surface area contributed by atoms with Crippen LogP contribution < -0.4 is 0 Å². The van der Waals surface area contributed by atoms with E-state index < -0.39 is 0 Å². The average molecular weight is 303 g/mol. The first kappa shape index (κ1) is 14.6. The highest BCUT2D eigenvalue weighted by Crippen LogP contribution is 2.25. The zero-order valence-corrected chi connectivity index (χ0v) is 13.1. The van der Waals surface area contributed by atoms with Crippen LogP contribution >= 0.6 is 0 Å². The van der Waals surface area contributed by atoms with Crippen molar-refractivity contribution in [3.05, 3.63) is 30.1 Å². The van der Waals surface area contributed by atoms with Crippen molar-refractivity contribution in [2.24, 2.45) is 0 Å². The molecule has 0 aliphatic carbocycles. The molecule has 4 rings (SSSR count). The topological polar surface area (TPSA) is 37.8 Å². The number of nitrogens with zero attached hydrogens (tertiary/aromatic N) is 3. The van der Waals surface area contributed by atoms with E-state index in [-0.39, 0.29) is 0 Å². The van der Waals surface area contributed by atoms with Crippen LogP contribution in [0.15, 0.2) is 24.4 Å². The minimum absolute atomic E-state index is 0.346. The maximum atomic E-state index is 6.02. The molecule has 0 amide bonds. The van der Waals surface area contributed by atoms with E-state index in [1.807, 2.05) is 12.3 Å². The molecule has 0 aromatic carbocycles. The lowest BCUT2D eigenvalue weighted by Crippen LogP contribution is -2.52. The zero-order chi connectivity index (χ0) is 14.8. The van der Waals surface area contributed by atoms with Gasteiger partial charge in [0.2, 0.25) is 0 Å². The van der Waals surface area contributed by atoms with Gasteiger partial charge in [-0.05, 0) is 25.0 Å². The molecule has 3 fully saturated rings. The molecule has 0 bridgehead atoms. The van der Waals surface area contributed by atoms with Gasteiger partial charge in [-0.15, -0.1) is 0 Å². The van der Waals surface area contributed by atoms with Crippen molar-refractivity contribution in [1.29, 1.82) is 0 Å². The highest BCUT2D eigenvalue weighted by molar-refractivity contribution is 5.05. The van der Waals surface area contributed by atoms with Crippen LogP contribution in [-0.2, 0) is 16.0 Å². The molecule has 4 heterocycles. The highest BCUT2D eigenvalue weighted by Gasteiger charge is 2.40. The Morgan fingerprint density at radius 1 is 1.18 bits per heavy atom. The Morgan fingerprint density at radius 3 is 3.00 bits per heavy atom. The van der Waals surface area contributed by atoms with E-state index in [9.17, 15) is 0 Å². The predicted molar refractivity (Wildman–Crippen MR) is 83.6 cm³/mol. The number of hydrogen-bond acceptors (Lipinski definition) is 5. The second-order valence-electron chi connectivity index (χ2n) is 6.62. The lowest BCUT2D eigenvalue weighted by molar-refractivity contribution is -0.0615. The normalized spacial score (nSPS) is 33.2. The SMILES string of the molecule is c1ccc(CN2C[C@@H]3OCCN(C[C@H]4CCCO4)[C@@H]3C2)nc1. The lowest BCUT2D eigenvalue weighted by Gasteiger charge is -2.38. The fourth-order valence-corrected chi connectivity index (χ4v) is 3.96. The van der Waals surface area contributed by atoms with E-state index in [1.165, 1.54) is 12.8 Å². The van der Waals surface area contributed by atoms with Crippen LogP contribution in [0.1, 0.15) is 18.5 Å². The van der Waals surface area contributed by atoms with Crippen molar-refractivity contribution >= 4 is 0 Å². The Hall–Kier alpha value is -1.01. The van der Waals surface area contributed by atoms with Crippen LogP contribution in [0.2, 0.25) is 0 Å². The molecule has 1 aromatic heterocycles. The molecule has 5 nitrogen and oxygen atoms in total. The van der Waals surface area contributed by atoms with Crippen LogP contribution in [-0.4, -0.2) is 72.4 Å². The molecular formula is C17H25N3O2. The van der Waals surface area contributed by atoms with Gasteiger partial charge in [0.25, 0.3) is 0 Å². The van der Waals surface area contributed by atoms with Crippen molar-refractivity contribution in [2.45, 2.75) is 37.6 Å². The standard InChI is InChI=1S/C17H25N3O2/c1-2-6-18-14(4-1)10-19-12-16-17(13-19)22-9-7-20(16)11-15-5-3-8-21-15/h1-2,4,6,15-17H,3,5,7-13H2/t15-,16-,17+/m1/s1. The van der Waals surface area contributed by atoms with Gasteiger partial charge < -0.3 is 9.47 Å². The lowest BCUT2D eigenvalue weighted by atomic mass is 10.1. The number of pyridine rings is 1. The number of rotatable bonds is 4. The third-order valence-corrected chi connectivity index (χ3v) is 5.07. The highest BCUT2D eigenvalue weighted by atomic mass is 16.5. The summed E-state index contributed by atoms with van der Waals surface area (Å²) in [4.78, 5) is 9.52. The Kier molecular flexibility index (Phi) is 4.39. The third kappa shape index (κ3) is 3.18. The molecule has 120 valence electrons. The fourth-order valence-electron chi connectivity index (χ4n) is 3.96. The average Bonchev–Trinajstić information content (AvgIpc) is 3.18. The van der Waals surface area contributed by atoms with E-state index in [1.54, 1.807) is 0 Å². The molecule has 0 N–H and O–H groups in total. The number of morpholine rings is 1. The number of likely N-dealkylation sites (tertiary alicyclic amines) is 1. The summed E-state index contributed by atoms with van der Waals surface area (Å²) in [6.07, 6.45) is 5.09. The van der Waals surface area contributed by atoms with E-state index in [4.69, 9.17) is 9.47 Å². The van der Waals surface area contributed by atoms with Crippen LogP contribution in [0.3, 0.4) is 0 Å². The second kappa shape index (κ2) is 6.62. The Bertz CT molecular complexity index is 478. The van der Waals surface area contributed by atoms with E-state index >= 15 is 0 Å². The van der Waals surface area contributed by atoms with E-state index in [2.05, 4.69) is 26.9 Å². The minimum atomic E-state index is 0.346. The molecule has 3 aliphatic rings. The molecule has 0 radical (unpaired) electrons. The molecule has 0 spiro atoms. The molecule has 0 saturated carbocycles. The van der Waals surface area contributed by atoms with Gasteiger partial charge in [0, 0.05) is 51.6 Å². The molecule has 1 aromatic rings. The van der Waals surface area contributed by atoms with Gasteiger partial charge in [-0.3, -0.25) is 14.8 Å². The number of aromatic nitrogens is 1. The monoisotopic (exact) mass is 303 g/mol. The van der Waals surface area contributed by atoms with Crippen LogP contribution in [0.5, 0.6) is 0 Å².